The summed E-state index contributed by atoms with van der Waals surface area (Å²) >= 11 is 0. The third-order valence-corrected chi connectivity index (χ3v) is 4.95. The van der Waals surface area contributed by atoms with Gasteiger partial charge in [-0.2, -0.15) is 0 Å². The van der Waals surface area contributed by atoms with E-state index in [9.17, 15) is 9.59 Å². The van der Waals surface area contributed by atoms with Crippen LogP contribution in [0.3, 0.4) is 0 Å². The van der Waals surface area contributed by atoms with Gasteiger partial charge in [0.25, 0.3) is 5.91 Å². The Morgan fingerprint density at radius 3 is 2.25 bits per heavy atom. The van der Waals surface area contributed by atoms with Gasteiger partial charge in [-0.3, -0.25) is 19.6 Å². The summed E-state index contributed by atoms with van der Waals surface area (Å²) in [6.07, 6.45) is 3.24. The van der Waals surface area contributed by atoms with Crippen molar-refractivity contribution >= 4 is 34.2 Å². The zero-order chi connectivity index (χ0) is 19.5. The molecule has 3 aromatic rings. The highest BCUT2D eigenvalue weighted by Crippen LogP contribution is 2.20. The number of benzene rings is 2. The molecule has 0 atom stereocenters. The number of fused-ring (bicyclic) bond motifs is 1. The summed E-state index contributed by atoms with van der Waals surface area (Å²) in [5, 5.41) is 2.92. The van der Waals surface area contributed by atoms with E-state index in [-0.39, 0.29) is 11.8 Å². The Kier molecular flexibility index (Phi) is 4.89. The maximum atomic E-state index is 12.5. The number of piperazine rings is 1. The second-order valence-corrected chi connectivity index (χ2v) is 6.75. The Labute approximate surface area is 163 Å². The van der Waals surface area contributed by atoms with E-state index in [1.54, 1.807) is 37.5 Å². The first-order valence-electron chi connectivity index (χ1n) is 9.23. The fraction of sp³-hybridized carbons (Fsp3) is 0.238. The first-order chi connectivity index (χ1) is 13.6. The molecular weight excluding hydrogens is 354 g/mol. The minimum absolute atomic E-state index is 0.123. The molecule has 7 heteroatoms. The van der Waals surface area contributed by atoms with Crippen LogP contribution in [0.5, 0.6) is 0 Å². The lowest BCUT2D eigenvalue weighted by molar-refractivity contribution is -0.129. The molecule has 4 rings (SSSR count). The van der Waals surface area contributed by atoms with E-state index in [2.05, 4.69) is 20.2 Å². The van der Waals surface area contributed by atoms with Crippen molar-refractivity contribution in [2.75, 3.05) is 36.4 Å². The fourth-order valence-corrected chi connectivity index (χ4v) is 3.34. The third kappa shape index (κ3) is 3.78. The number of carbonyl (C=O) groups is 2. The summed E-state index contributed by atoms with van der Waals surface area (Å²) in [6.45, 7) is 4.69. The van der Waals surface area contributed by atoms with Crippen molar-refractivity contribution in [3.63, 3.8) is 0 Å². The van der Waals surface area contributed by atoms with Crippen molar-refractivity contribution in [1.82, 2.24) is 14.9 Å². The lowest BCUT2D eigenvalue weighted by Gasteiger charge is -2.35. The Morgan fingerprint density at radius 1 is 0.893 bits per heavy atom. The molecule has 1 N–H and O–H groups in total. The van der Waals surface area contributed by atoms with Gasteiger partial charge in [0, 0.05) is 62.4 Å². The standard InChI is InChI=1S/C21H21N5O2/c1-15(27)25-10-12-26(13-11-25)18-5-3-17(4-6-18)24-21(28)16-2-7-19-20(14-16)23-9-8-22-19/h2-9,14H,10-13H2,1H3,(H,24,28). The summed E-state index contributed by atoms with van der Waals surface area (Å²) in [6, 6.07) is 13.0. The average Bonchev–Trinajstić information content (AvgIpc) is 2.74. The minimum Gasteiger partial charge on any atom is -0.368 e. The molecule has 1 fully saturated rings. The van der Waals surface area contributed by atoms with Crippen LogP contribution < -0.4 is 10.2 Å². The number of aromatic nitrogens is 2. The molecule has 0 radical (unpaired) electrons. The van der Waals surface area contributed by atoms with E-state index in [1.807, 2.05) is 29.2 Å². The second-order valence-electron chi connectivity index (χ2n) is 6.75. The van der Waals surface area contributed by atoms with Gasteiger partial charge in [0.05, 0.1) is 11.0 Å². The molecule has 1 aliphatic rings. The first-order valence-corrected chi connectivity index (χ1v) is 9.23. The van der Waals surface area contributed by atoms with Crippen LogP contribution in [-0.4, -0.2) is 52.9 Å². The van der Waals surface area contributed by atoms with Crippen LogP contribution in [0.25, 0.3) is 11.0 Å². The van der Waals surface area contributed by atoms with Crippen LogP contribution in [0.4, 0.5) is 11.4 Å². The van der Waals surface area contributed by atoms with Gasteiger partial charge >= 0.3 is 0 Å². The van der Waals surface area contributed by atoms with Crippen molar-refractivity contribution < 1.29 is 9.59 Å². The summed E-state index contributed by atoms with van der Waals surface area (Å²) in [5.74, 6) is -0.0623. The molecule has 7 nitrogen and oxygen atoms in total. The van der Waals surface area contributed by atoms with Gasteiger partial charge in [-0.15, -0.1) is 0 Å². The normalized spacial score (nSPS) is 14.2. The fourth-order valence-electron chi connectivity index (χ4n) is 3.34. The third-order valence-electron chi connectivity index (χ3n) is 4.95. The maximum Gasteiger partial charge on any atom is 0.255 e. The van der Waals surface area contributed by atoms with E-state index >= 15 is 0 Å². The van der Waals surface area contributed by atoms with E-state index < -0.39 is 0 Å². The molecule has 0 bridgehead atoms. The van der Waals surface area contributed by atoms with Gasteiger partial charge in [-0.05, 0) is 42.5 Å². The summed E-state index contributed by atoms with van der Waals surface area (Å²) in [4.78, 5) is 36.5. The number of anilines is 2. The van der Waals surface area contributed by atoms with Gasteiger partial charge in [0.1, 0.15) is 0 Å². The number of rotatable bonds is 3. The average molecular weight is 375 g/mol. The number of carbonyl (C=O) groups excluding carboxylic acids is 2. The van der Waals surface area contributed by atoms with Crippen LogP contribution >= 0.6 is 0 Å². The molecule has 1 aliphatic heterocycles. The van der Waals surface area contributed by atoms with Crippen molar-refractivity contribution in [1.29, 1.82) is 0 Å². The van der Waals surface area contributed by atoms with Crippen molar-refractivity contribution in [2.45, 2.75) is 6.92 Å². The Balaban J connectivity index is 1.41. The highest BCUT2D eigenvalue weighted by molar-refractivity contribution is 6.05. The van der Waals surface area contributed by atoms with Crippen molar-refractivity contribution in [3.05, 3.63) is 60.4 Å². The number of nitrogens with one attached hydrogen (secondary N) is 1. The van der Waals surface area contributed by atoms with Crippen LogP contribution in [0.2, 0.25) is 0 Å². The molecule has 0 unspecified atom stereocenters. The lowest BCUT2D eigenvalue weighted by atomic mass is 10.1. The summed E-state index contributed by atoms with van der Waals surface area (Å²) in [7, 11) is 0. The molecule has 0 saturated carbocycles. The zero-order valence-electron chi connectivity index (χ0n) is 15.6. The molecule has 142 valence electrons. The van der Waals surface area contributed by atoms with Gasteiger partial charge in [-0.1, -0.05) is 0 Å². The van der Waals surface area contributed by atoms with Gasteiger partial charge in [0.2, 0.25) is 5.91 Å². The van der Waals surface area contributed by atoms with Crippen LogP contribution in [-0.2, 0) is 4.79 Å². The monoisotopic (exact) mass is 375 g/mol. The molecule has 28 heavy (non-hydrogen) atoms. The quantitative estimate of drug-likeness (QED) is 0.761. The Bertz CT molecular complexity index is 1010. The van der Waals surface area contributed by atoms with Crippen molar-refractivity contribution in [2.24, 2.45) is 0 Å². The minimum atomic E-state index is -0.185. The molecule has 2 heterocycles. The number of hydrogen-bond acceptors (Lipinski definition) is 5. The number of nitrogens with zero attached hydrogens (tertiary/aromatic N) is 4. The SMILES string of the molecule is CC(=O)N1CCN(c2ccc(NC(=O)c3ccc4nccnc4c3)cc2)CC1. The van der Waals surface area contributed by atoms with Crippen LogP contribution in [0, 0.1) is 0 Å². The molecule has 0 spiro atoms. The van der Waals surface area contributed by atoms with E-state index in [1.165, 1.54) is 0 Å². The Hall–Kier alpha value is -3.48. The topological polar surface area (TPSA) is 78.4 Å². The van der Waals surface area contributed by atoms with Crippen molar-refractivity contribution in [3.8, 4) is 0 Å². The predicted octanol–water partition coefficient (Wildman–Crippen LogP) is 2.55. The van der Waals surface area contributed by atoms with Crippen LogP contribution in [0.15, 0.2) is 54.9 Å². The maximum absolute atomic E-state index is 12.5. The molecule has 1 aromatic heterocycles. The summed E-state index contributed by atoms with van der Waals surface area (Å²) in [5.41, 5.74) is 3.80. The Morgan fingerprint density at radius 2 is 1.57 bits per heavy atom. The van der Waals surface area contributed by atoms with Gasteiger partial charge in [-0.25, -0.2) is 0 Å². The van der Waals surface area contributed by atoms with E-state index in [4.69, 9.17) is 0 Å². The molecule has 2 aromatic carbocycles. The first kappa shape index (κ1) is 17.9. The molecular formula is C21H21N5O2. The van der Waals surface area contributed by atoms with Crippen LogP contribution in [0.1, 0.15) is 17.3 Å². The van der Waals surface area contributed by atoms with E-state index in [0.717, 1.165) is 43.1 Å². The van der Waals surface area contributed by atoms with Gasteiger partial charge < -0.3 is 15.1 Å². The highest BCUT2D eigenvalue weighted by Gasteiger charge is 2.18. The lowest BCUT2D eigenvalue weighted by Crippen LogP contribution is -2.48. The number of amides is 2. The largest absolute Gasteiger partial charge is 0.368 e. The highest BCUT2D eigenvalue weighted by atomic mass is 16.2. The summed E-state index contributed by atoms with van der Waals surface area (Å²) < 4.78 is 0. The second kappa shape index (κ2) is 7.64. The zero-order valence-corrected chi connectivity index (χ0v) is 15.6. The van der Waals surface area contributed by atoms with Gasteiger partial charge in [0.15, 0.2) is 0 Å². The van der Waals surface area contributed by atoms with E-state index in [0.29, 0.717) is 11.1 Å². The molecule has 0 aliphatic carbocycles. The molecule has 2 amide bonds. The molecule has 1 saturated heterocycles. The predicted molar refractivity (Wildman–Crippen MR) is 108 cm³/mol. The smallest absolute Gasteiger partial charge is 0.255 e. The number of hydrogen-bond donors (Lipinski definition) is 1.